The number of nitrogens with zero attached hydrogens (tertiary/aromatic N) is 1. The lowest BCUT2D eigenvalue weighted by Gasteiger charge is -2.34. The van der Waals surface area contributed by atoms with E-state index in [4.69, 9.17) is 10.5 Å². The highest BCUT2D eigenvalue weighted by Crippen LogP contribution is 2.23. The van der Waals surface area contributed by atoms with Crippen molar-refractivity contribution in [1.82, 2.24) is 4.90 Å². The second-order valence-corrected chi connectivity index (χ2v) is 6.52. The van der Waals surface area contributed by atoms with Crippen LogP contribution >= 0.6 is 0 Å². The van der Waals surface area contributed by atoms with Gasteiger partial charge in [-0.2, -0.15) is 0 Å². The third kappa shape index (κ3) is 4.84. The van der Waals surface area contributed by atoms with Gasteiger partial charge in [0, 0.05) is 18.6 Å². The van der Waals surface area contributed by atoms with Crippen LogP contribution in [-0.2, 0) is 0 Å². The molecule has 2 atom stereocenters. The number of benzene rings is 1. The van der Waals surface area contributed by atoms with Gasteiger partial charge in [0.05, 0.1) is 7.11 Å². The summed E-state index contributed by atoms with van der Waals surface area (Å²) in [6.07, 6.45) is 0. The van der Waals surface area contributed by atoms with E-state index in [0.717, 1.165) is 17.9 Å². The van der Waals surface area contributed by atoms with Gasteiger partial charge in [-0.15, -0.1) is 0 Å². The molecule has 2 unspecified atom stereocenters. The maximum atomic E-state index is 6.37. The highest BCUT2D eigenvalue weighted by molar-refractivity contribution is 5.29. The van der Waals surface area contributed by atoms with Crippen molar-refractivity contribution < 1.29 is 4.74 Å². The van der Waals surface area contributed by atoms with Gasteiger partial charge in [-0.05, 0) is 37.1 Å². The molecular formula is C16H28N2O. The average molecular weight is 264 g/mol. The zero-order valence-electron chi connectivity index (χ0n) is 13.1. The minimum Gasteiger partial charge on any atom is -0.497 e. The number of ether oxygens (including phenoxy) is 1. The summed E-state index contributed by atoms with van der Waals surface area (Å²) in [6, 6.07) is 8.33. The van der Waals surface area contributed by atoms with E-state index in [1.165, 1.54) is 0 Å². The molecule has 0 saturated heterocycles. The molecule has 0 aliphatic carbocycles. The van der Waals surface area contributed by atoms with E-state index in [1.54, 1.807) is 7.11 Å². The summed E-state index contributed by atoms with van der Waals surface area (Å²) >= 11 is 0. The third-order valence-electron chi connectivity index (χ3n) is 3.44. The molecule has 1 aromatic carbocycles. The van der Waals surface area contributed by atoms with Gasteiger partial charge in [-0.25, -0.2) is 0 Å². The monoisotopic (exact) mass is 264 g/mol. The Morgan fingerprint density at radius 1 is 1.21 bits per heavy atom. The summed E-state index contributed by atoms with van der Waals surface area (Å²) < 4.78 is 5.17. The second kappa shape index (κ2) is 6.40. The SMILES string of the molecule is COc1ccc(C(N)C(C)N(C)CC(C)(C)C)cc1. The number of likely N-dealkylation sites (N-methyl/N-ethyl adjacent to an activating group) is 1. The Balaban J connectivity index is 2.72. The topological polar surface area (TPSA) is 38.5 Å². The minimum absolute atomic E-state index is 0.0123. The number of methoxy groups -OCH3 is 1. The summed E-state index contributed by atoms with van der Waals surface area (Å²) in [5.74, 6) is 0.867. The van der Waals surface area contributed by atoms with Crippen molar-refractivity contribution in [2.75, 3.05) is 20.7 Å². The molecule has 0 spiro atoms. The number of hydrogen-bond acceptors (Lipinski definition) is 3. The second-order valence-electron chi connectivity index (χ2n) is 6.52. The predicted molar refractivity (Wildman–Crippen MR) is 81.5 cm³/mol. The molecule has 19 heavy (non-hydrogen) atoms. The van der Waals surface area contributed by atoms with Crippen molar-refractivity contribution in [3.8, 4) is 5.75 Å². The van der Waals surface area contributed by atoms with Crippen LogP contribution in [0.3, 0.4) is 0 Å². The van der Waals surface area contributed by atoms with E-state index < -0.39 is 0 Å². The van der Waals surface area contributed by atoms with Gasteiger partial charge in [-0.3, -0.25) is 0 Å². The number of hydrogen-bond donors (Lipinski definition) is 1. The normalized spacial score (nSPS) is 15.4. The van der Waals surface area contributed by atoms with E-state index in [2.05, 4.69) is 39.6 Å². The smallest absolute Gasteiger partial charge is 0.118 e. The van der Waals surface area contributed by atoms with Gasteiger partial charge in [0.15, 0.2) is 0 Å². The molecule has 0 aromatic heterocycles. The first-order valence-corrected chi connectivity index (χ1v) is 6.84. The highest BCUT2D eigenvalue weighted by Gasteiger charge is 2.23. The van der Waals surface area contributed by atoms with E-state index in [0.29, 0.717) is 6.04 Å². The Kier molecular flexibility index (Phi) is 5.39. The lowest BCUT2D eigenvalue weighted by Crippen LogP contribution is -2.42. The van der Waals surface area contributed by atoms with Crippen LogP contribution in [0, 0.1) is 5.41 Å². The van der Waals surface area contributed by atoms with Crippen LogP contribution in [0.4, 0.5) is 0 Å². The molecule has 0 radical (unpaired) electrons. The summed E-state index contributed by atoms with van der Waals surface area (Å²) in [5, 5.41) is 0. The maximum Gasteiger partial charge on any atom is 0.118 e. The Bertz CT molecular complexity index is 381. The van der Waals surface area contributed by atoms with Crippen LogP contribution in [0.25, 0.3) is 0 Å². The van der Waals surface area contributed by atoms with Crippen molar-refractivity contribution in [3.05, 3.63) is 29.8 Å². The van der Waals surface area contributed by atoms with Crippen molar-refractivity contribution in [1.29, 1.82) is 0 Å². The molecule has 3 heteroatoms. The summed E-state index contributed by atoms with van der Waals surface area (Å²) in [7, 11) is 3.81. The maximum absolute atomic E-state index is 6.37. The van der Waals surface area contributed by atoms with Crippen LogP contribution in [-0.4, -0.2) is 31.6 Å². The Hall–Kier alpha value is -1.06. The Morgan fingerprint density at radius 2 is 1.74 bits per heavy atom. The number of rotatable bonds is 5. The first-order chi connectivity index (χ1) is 8.74. The number of nitrogens with two attached hydrogens (primary N) is 1. The summed E-state index contributed by atoms with van der Waals surface area (Å²) in [4.78, 5) is 2.33. The van der Waals surface area contributed by atoms with Crippen molar-refractivity contribution in [2.24, 2.45) is 11.1 Å². The van der Waals surface area contributed by atoms with Gasteiger partial charge in [-0.1, -0.05) is 32.9 Å². The predicted octanol–water partition coefficient (Wildman–Crippen LogP) is 3.06. The van der Waals surface area contributed by atoms with E-state index in [1.807, 2.05) is 24.3 Å². The largest absolute Gasteiger partial charge is 0.497 e. The molecule has 1 rings (SSSR count). The zero-order chi connectivity index (χ0) is 14.6. The Morgan fingerprint density at radius 3 is 2.16 bits per heavy atom. The molecule has 2 N–H and O–H groups in total. The van der Waals surface area contributed by atoms with Gasteiger partial charge >= 0.3 is 0 Å². The fraction of sp³-hybridized carbons (Fsp3) is 0.625. The van der Waals surface area contributed by atoms with E-state index in [-0.39, 0.29) is 11.5 Å². The lowest BCUT2D eigenvalue weighted by atomic mass is 9.93. The molecule has 0 amide bonds. The lowest BCUT2D eigenvalue weighted by molar-refractivity contribution is 0.163. The van der Waals surface area contributed by atoms with Gasteiger partial charge in [0.1, 0.15) is 5.75 Å². The molecule has 0 fully saturated rings. The standard InChI is InChI=1S/C16H28N2O/c1-12(18(5)11-16(2,3)4)15(17)13-7-9-14(19-6)10-8-13/h7-10,12,15H,11,17H2,1-6H3. The molecule has 0 saturated carbocycles. The van der Waals surface area contributed by atoms with E-state index in [9.17, 15) is 0 Å². The summed E-state index contributed by atoms with van der Waals surface area (Å²) in [6.45, 7) is 9.94. The van der Waals surface area contributed by atoms with Crippen LogP contribution in [0.15, 0.2) is 24.3 Å². The van der Waals surface area contributed by atoms with Gasteiger partial charge < -0.3 is 15.4 Å². The average Bonchev–Trinajstić information content (AvgIpc) is 2.35. The Labute approximate surface area is 117 Å². The first kappa shape index (κ1) is 16.0. The van der Waals surface area contributed by atoms with Crippen molar-refractivity contribution in [3.63, 3.8) is 0 Å². The molecule has 3 nitrogen and oxygen atoms in total. The van der Waals surface area contributed by atoms with E-state index >= 15 is 0 Å². The van der Waals surface area contributed by atoms with Gasteiger partial charge in [0.25, 0.3) is 0 Å². The first-order valence-electron chi connectivity index (χ1n) is 6.84. The van der Waals surface area contributed by atoms with Crippen LogP contribution in [0.2, 0.25) is 0 Å². The fourth-order valence-corrected chi connectivity index (χ4v) is 2.27. The fourth-order valence-electron chi connectivity index (χ4n) is 2.27. The van der Waals surface area contributed by atoms with Crippen LogP contribution in [0.1, 0.15) is 39.3 Å². The molecular weight excluding hydrogens is 236 g/mol. The zero-order valence-corrected chi connectivity index (χ0v) is 13.1. The molecule has 0 aliphatic heterocycles. The molecule has 108 valence electrons. The molecule has 0 bridgehead atoms. The highest BCUT2D eigenvalue weighted by atomic mass is 16.5. The third-order valence-corrected chi connectivity index (χ3v) is 3.44. The summed E-state index contributed by atoms with van der Waals surface area (Å²) in [5.41, 5.74) is 7.80. The van der Waals surface area contributed by atoms with Crippen LogP contribution < -0.4 is 10.5 Å². The molecule has 0 heterocycles. The molecule has 0 aliphatic rings. The van der Waals surface area contributed by atoms with Gasteiger partial charge in [0.2, 0.25) is 0 Å². The quantitative estimate of drug-likeness (QED) is 0.888. The van der Waals surface area contributed by atoms with Crippen molar-refractivity contribution in [2.45, 2.75) is 39.8 Å². The van der Waals surface area contributed by atoms with Crippen molar-refractivity contribution >= 4 is 0 Å². The minimum atomic E-state index is 0.0123. The van der Waals surface area contributed by atoms with Crippen LogP contribution in [0.5, 0.6) is 5.75 Å². The molecule has 1 aromatic rings.